The largest absolute Gasteiger partial charge is 0.473 e. The maximum absolute atomic E-state index is 13.0. The van der Waals surface area contributed by atoms with Gasteiger partial charge in [0.05, 0.1) is 12.1 Å². The zero-order chi connectivity index (χ0) is 13.0. The summed E-state index contributed by atoms with van der Waals surface area (Å²) in [6.45, 7) is 0.363. The SMILES string of the molecule is Fc1cnc(OCc2cccc(Br)c2)c(CCl)c1. The summed E-state index contributed by atoms with van der Waals surface area (Å²) in [6.07, 6.45) is 1.12. The van der Waals surface area contributed by atoms with E-state index in [2.05, 4.69) is 20.9 Å². The first-order valence-corrected chi connectivity index (χ1v) is 6.59. The Morgan fingerprint density at radius 2 is 2.17 bits per heavy atom. The number of ether oxygens (including phenoxy) is 1. The third kappa shape index (κ3) is 3.43. The Morgan fingerprint density at radius 1 is 1.33 bits per heavy atom. The molecule has 0 saturated heterocycles. The third-order valence-corrected chi connectivity index (χ3v) is 3.08. The summed E-state index contributed by atoms with van der Waals surface area (Å²) in [4.78, 5) is 3.89. The maximum atomic E-state index is 13.0. The van der Waals surface area contributed by atoms with Gasteiger partial charge >= 0.3 is 0 Å². The molecule has 0 aliphatic heterocycles. The van der Waals surface area contributed by atoms with E-state index in [1.54, 1.807) is 0 Å². The number of aromatic nitrogens is 1. The second-order valence-electron chi connectivity index (χ2n) is 3.67. The highest BCUT2D eigenvalue weighted by Crippen LogP contribution is 2.20. The molecule has 0 bridgehead atoms. The highest BCUT2D eigenvalue weighted by atomic mass is 79.9. The van der Waals surface area contributed by atoms with Gasteiger partial charge in [0.15, 0.2) is 0 Å². The third-order valence-electron chi connectivity index (χ3n) is 2.30. The van der Waals surface area contributed by atoms with Crippen LogP contribution in [-0.4, -0.2) is 4.98 Å². The molecular weight excluding hydrogens is 321 g/mol. The van der Waals surface area contributed by atoms with Gasteiger partial charge in [0, 0.05) is 10.0 Å². The number of alkyl halides is 1. The highest BCUT2D eigenvalue weighted by molar-refractivity contribution is 9.10. The van der Waals surface area contributed by atoms with E-state index < -0.39 is 5.82 Å². The molecule has 2 aromatic rings. The van der Waals surface area contributed by atoms with Gasteiger partial charge in [-0.1, -0.05) is 28.1 Å². The minimum atomic E-state index is -0.416. The fourth-order valence-corrected chi connectivity index (χ4v) is 2.11. The van der Waals surface area contributed by atoms with Gasteiger partial charge in [-0.2, -0.15) is 0 Å². The molecule has 18 heavy (non-hydrogen) atoms. The summed E-state index contributed by atoms with van der Waals surface area (Å²) in [5, 5.41) is 0. The van der Waals surface area contributed by atoms with E-state index in [0.29, 0.717) is 18.1 Å². The number of rotatable bonds is 4. The van der Waals surface area contributed by atoms with E-state index in [1.807, 2.05) is 24.3 Å². The lowest BCUT2D eigenvalue weighted by Gasteiger charge is -2.09. The number of nitrogens with zero attached hydrogens (tertiary/aromatic N) is 1. The van der Waals surface area contributed by atoms with Crippen LogP contribution in [0.2, 0.25) is 0 Å². The summed E-state index contributed by atoms with van der Waals surface area (Å²) in [5.74, 6) is 0.116. The molecule has 0 aliphatic carbocycles. The van der Waals surface area contributed by atoms with Crippen molar-refractivity contribution in [3.8, 4) is 5.88 Å². The normalized spacial score (nSPS) is 10.4. The molecule has 0 radical (unpaired) electrons. The molecule has 0 unspecified atom stereocenters. The molecule has 0 spiro atoms. The number of hydrogen-bond donors (Lipinski definition) is 0. The van der Waals surface area contributed by atoms with Crippen LogP contribution in [0.4, 0.5) is 4.39 Å². The Morgan fingerprint density at radius 3 is 2.89 bits per heavy atom. The lowest BCUT2D eigenvalue weighted by atomic mass is 10.2. The minimum absolute atomic E-state index is 0.165. The zero-order valence-corrected chi connectivity index (χ0v) is 11.7. The molecule has 1 aromatic heterocycles. The van der Waals surface area contributed by atoms with Crippen LogP contribution in [0.25, 0.3) is 0 Å². The van der Waals surface area contributed by atoms with Gasteiger partial charge < -0.3 is 4.74 Å². The summed E-state index contributed by atoms with van der Waals surface area (Å²) in [6, 6.07) is 9.07. The molecule has 2 rings (SSSR count). The van der Waals surface area contributed by atoms with Gasteiger partial charge in [-0.25, -0.2) is 9.37 Å². The molecule has 94 valence electrons. The van der Waals surface area contributed by atoms with E-state index in [-0.39, 0.29) is 5.88 Å². The molecule has 0 fully saturated rings. The Balaban J connectivity index is 2.10. The Labute approximate surface area is 118 Å². The van der Waals surface area contributed by atoms with Crippen LogP contribution in [0.1, 0.15) is 11.1 Å². The fourth-order valence-electron chi connectivity index (χ4n) is 1.47. The van der Waals surface area contributed by atoms with Crippen LogP contribution < -0.4 is 4.74 Å². The predicted molar refractivity (Wildman–Crippen MR) is 72.2 cm³/mol. The van der Waals surface area contributed by atoms with Crippen LogP contribution in [0.3, 0.4) is 0 Å². The summed E-state index contributed by atoms with van der Waals surface area (Å²) < 4.78 is 19.5. The van der Waals surface area contributed by atoms with E-state index in [9.17, 15) is 4.39 Å². The molecule has 1 heterocycles. The van der Waals surface area contributed by atoms with Crippen LogP contribution >= 0.6 is 27.5 Å². The zero-order valence-electron chi connectivity index (χ0n) is 9.37. The Bertz CT molecular complexity index is 550. The summed E-state index contributed by atoms with van der Waals surface area (Å²) >= 11 is 9.10. The lowest BCUT2D eigenvalue weighted by molar-refractivity contribution is 0.290. The quantitative estimate of drug-likeness (QED) is 0.780. The highest BCUT2D eigenvalue weighted by Gasteiger charge is 2.06. The smallest absolute Gasteiger partial charge is 0.218 e. The van der Waals surface area contributed by atoms with Crippen LogP contribution in [0.15, 0.2) is 41.0 Å². The van der Waals surface area contributed by atoms with Crippen molar-refractivity contribution in [2.45, 2.75) is 12.5 Å². The molecule has 0 N–H and O–H groups in total. The van der Waals surface area contributed by atoms with Crippen molar-refractivity contribution in [2.24, 2.45) is 0 Å². The van der Waals surface area contributed by atoms with Crippen molar-refractivity contribution >= 4 is 27.5 Å². The number of hydrogen-bond acceptors (Lipinski definition) is 2. The average molecular weight is 331 g/mol. The van der Waals surface area contributed by atoms with Crippen molar-refractivity contribution in [1.29, 1.82) is 0 Å². The van der Waals surface area contributed by atoms with Crippen molar-refractivity contribution in [3.63, 3.8) is 0 Å². The Hall–Kier alpha value is -1.13. The monoisotopic (exact) mass is 329 g/mol. The molecule has 0 aliphatic rings. The van der Waals surface area contributed by atoms with Crippen LogP contribution in [0, 0.1) is 5.82 Å². The fraction of sp³-hybridized carbons (Fsp3) is 0.154. The van der Waals surface area contributed by atoms with Gasteiger partial charge in [0.1, 0.15) is 12.4 Å². The van der Waals surface area contributed by atoms with Gasteiger partial charge in [0.2, 0.25) is 5.88 Å². The summed E-state index contributed by atoms with van der Waals surface area (Å²) in [7, 11) is 0. The first-order valence-electron chi connectivity index (χ1n) is 5.26. The molecule has 1 aromatic carbocycles. The molecule has 5 heteroatoms. The average Bonchev–Trinajstić information content (AvgIpc) is 2.37. The molecule has 0 atom stereocenters. The van der Waals surface area contributed by atoms with E-state index >= 15 is 0 Å². The summed E-state index contributed by atoms with van der Waals surface area (Å²) in [5.41, 5.74) is 1.54. The second-order valence-corrected chi connectivity index (χ2v) is 4.85. The van der Waals surface area contributed by atoms with Gasteiger partial charge in [-0.05, 0) is 23.8 Å². The van der Waals surface area contributed by atoms with Crippen molar-refractivity contribution in [1.82, 2.24) is 4.98 Å². The van der Waals surface area contributed by atoms with Crippen LogP contribution in [0.5, 0.6) is 5.88 Å². The van der Waals surface area contributed by atoms with Gasteiger partial charge in [-0.3, -0.25) is 0 Å². The van der Waals surface area contributed by atoms with E-state index in [1.165, 1.54) is 6.07 Å². The van der Waals surface area contributed by atoms with E-state index in [0.717, 1.165) is 16.2 Å². The van der Waals surface area contributed by atoms with Gasteiger partial charge in [-0.15, -0.1) is 11.6 Å². The Kier molecular flexibility index (Phi) is 4.55. The predicted octanol–water partition coefficient (Wildman–Crippen LogP) is 4.30. The molecule has 0 saturated carbocycles. The first kappa shape index (κ1) is 13.3. The second kappa shape index (κ2) is 6.16. The lowest BCUT2D eigenvalue weighted by Crippen LogP contribution is -2.00. The van der Waals surface area contributed by atoms with E-state index in [4.69, 9.17) is 16.3 Å². The minimum Gasteiger partial charge on any atom is -0.473 e. The molecule has 2 nitrogen and oxygen atoms in total. The maximum Gasteiger partial charge on any atom is 0.218 e. The first-order chi connectivity index (χ1) is 8.69. The van der Waals surface area contributed by atoms with Gasteiger partial charge in [0.25, 0.3) is 0 Å². The molecule has 0 amide bonds. The van der Waals surface area contributed by atoms with Crippen molar-refractivity contribution in [3.05, 3.63) is 57.9 Å². The number of benzene rings is 1. The number of pyridine rings is 1. The topological polar surface area (TPSA) is 22.1 Å². The van der Waals surface area contributed by atoms with Crippen molar-refractivity contribution in [2.75, 3.05) is 0 Å². The van der Waals surface area contributed by atoms with Crippen molar-refractivity contribution < 1.29 is 9.13 Å². The number of halogens is 3. The standard InChI is InChI=1S/C13H10BrClFNO/c14-11-3-1-2-9(4-11)8-18-13-10(6-15)5-12(16)7-17-13/h1-5,7H,6,8H2. The molecular formula is C13H10BrClFNO. The van der Waals surface area contributed by atoms with Crippen LogP contribution in [-0.2, 0) is 12.5 Å².